The number of rotatable bonds is 8. The Labute approximate surface area is 173 Å². The molecule has 0 saturated heterocycles. The van der Waals surface area contributed by atoms with E-state index < -0.39 is 24.3 Å². The van der Waals surface area contributed by atoms with E-state index in [2.05, 4.69) is 5.10 Å². The van der Waals surface area contributed by atoms with Crippen molar-refractivity contribution in [2.24, 2.45) is 0 Å². The van der Waals surface area contributed by atoms with Crippen molar-refractivity contribution in [1.29, 1.82) is 0 Å². The fourth-order valence-corrected chi connectivity index (χ4v) is 3.36. The average Bonchev–Trinajstić information content (AvgIpc) is 3.13. The Morgan fingerprint density at radius 3 is 2.53 bits per heavy atom. The average molecular weight is 410 g/mol. The molecule has 7 heteroatoms. The number of hydrogen-bond donors (Lipinski definition) is 2. The number of carboxylic acid groups (broad SMARTS) is 1. The Morgan fingerprint density at radius 1 is 1.20 bits per heavy atom. The van der Waals surface area contributed by atoms with Crippen molar-refractivity contribution >= 4 is 23.3 Å². The molecular formula is C23H23FN2O4. The molecule has 0 amide bonds. The number of nitrogens with zero attached hydrogens (tertiary/aromatic N) is 2. The van der Waals surface area contributed by atoms with Crippen molar-refractivity contribution in [3.05, 3.63) is 65.7 Å². The fraction of sp³-hybridized carbons (Fsp3) is 0.261. The second-order valence-corrected chi connectivity index (χ2v) is 7.41. The summed E-state index contributed by atoms with van der Waals surface area (Å²) in [5.41, 5.74) is 3.98. The molecule has 1 aromatic carbocycles. The standard InChI is InChI=1S/C23H23FN2O4/c1-14(2)23-19(10-9-17(27)12-18(28)13-21(29)30)22(15-5-7-16(24)8-6-15)20-4-3-11-26(20)25-23/h3-11,14,17,27H,12-13H2,1-2H3,(H,29,30). The summed E-state index contributed by atoms with van der Waals surface area (Å²) in [6.07, 6.45) is 2.97. The summed E-state index contributed by atoms with van der Waals surface area (Å²) < 4.78 is 15.3. The molecule has 2 N–H and O–H groups in total. The van der Waals surface area contributed by atoms with Crippen molar-refractivity contribution in [3.63, 3.8) is 0 Å². The zero-order valence-corrected chi connectivity index (χ0v) is 16.7. The second kappa shape index (κ2) is 9.00. The number of carboxylic acids is 1. The zero-order valence-electron chi connectivity index (χ0n) is 16.7. The molecule has 1 atom stereocenters. The van der Waals surface area contributed by atoms with Gasteiger partial charge in [-0.25, -0.2) is 8.91 Å². The van der Waals surface area contributed by atoms with E-state index in [1.165, 1.54) is 18.2 Å². The summed E-state index contributed by atoms with van der Waals surface area (Å²) in [5, 5.41) is 23.6. The molecule has 0 bridgehead atoms. The molecule has 0 fully saturated rings. The Kier molecular flexibility index (Phi) is 6.42. The molecule has 30 heavy (non-hydrogen) atoms. The van der Waals surface area contributed by atoms with Gasteiger partial charge in [0.2, 0.25) is 0 Å². The SMILES string of the molecule is CC(C)c1nn2cccc2c(-c2ccc(F)cc2)c1C=CC(O)CC(=O)CC(=O)O. The molecule has 0 aliphatic carbocycles. The van der Waals surface area contributed by atoms with E-state index in [1.54, 1.807) is 22.7 Å². The number of benzene rings is 1. The predicted molar refractivity (Wildman–Crippen MR) is 112 cm³/mol. The minimum Gasteiger partial charge on any atom is -0.481 e. The predicted octanol–water partition coefficient (Wildman–Crippen LogP) is 4.07. The summed E-state index contributed by atoms with van der Waals surface area (Å²) in [5.74, 6) is -2.06. The van der Waals surface area contributed by atoms with Crippen molar-refractivity contribution in [3.8, 4) is 11.1 Å². The van der Waals surface area contributed by atoms with E-state index in [-0.39, 0.29) is 18.2 Å². The van der Waals surface area contributed by atoms with Gasteiger partial charge in [0.05, 0.1) is 17.3 Å². The number of halogens is 1. The minimum absolute atomic E-state index is 0.0569. The summed E-state index contributed by atoms with van der Waals surface area (Å²) >= 11 is 0. The van der Waals surface area contributed by atoms with Crippen molar-refractivity contribution < 1.29 is 24.2 Å². The molecule has 156 valence electrons. The number of aliphatic carboxylic acids is 1. The van der Waals surface area contributed by atoms with E-state index in [9.17, 15) is 19.1 Å². The van der Waals surface area contributed by atoms with Crippen LogP contribution in [0.3, 0.4) is 0 Å². The first kappa shape index (κ1) is 21.4. The van der Waals surface area contributed by atoms with E-state index in [4.69, 9.17) is 5.11 Å². The number of aromatic nitrogens is 2. The highest BCUT2D eigenvalue weighted by Crippen LogP contribution is 2.34. The quantitative estimate of drug-likeness (QED) is 0.546. The Morgan fingerprint density at radius 2 is 1.90 bits per heavy atom. The summed E-state index contributed by atoms with van der Waals surface area (Å²) in [6, 6.07) is 9.92. The lowest BCUT2D eigenvalue weighted by Gasteiger charge is -2.17. The smallest absolute Gasteiger partial charge is 0.310 e. The highest BCUT2D eigenvalue weighted by molar-refractivity contribution is 5.95. The number of hydrogen-bond acceptors (Lipinski definition) is 4. The first-order chi connectivity index (χ1) is 14.3. The summed E-state index contributed by atoms with van der Waals surface area (Å²) in [4.78, 5) is 22.3. The number of carbonyl (C=O) groups excluding carboxylic acids is 1. The maximum atomic E-state index is 13.5. The van der Waals surface area contributed by atoms with Crippen LogP contribution in [0, 0.1) is 5.82 Å². The van der Waals surface area contributed by atoms with Gasteiger partial charge in [-0.1, -0.05) is 38.1 Å². The topological polar surface area (TPSA) is 91.9 Å². The normalized spacial score (nSPS) is 12.7. The van der Waals surface area contributed by atoms with Crippen LogP contribution in [0.4, 0.5) is 4.39 Å². The molecule has 3 rings (SSSR count). The van der Waals surface area contributed by atoms with Gasteiger partial charge in [0.1, 0.15) is 18.0 Å². The Balaban J connectivity index is 2.08. The third-order valence-corrected chi connectivity index (χ3v) is 4.70. The summed E-state index contributed by atoms with van der Waals surface area (Å²) in [6.45, 7) is 3.99. The molecular weight excluding hydrogens is 387 g/mol. The van der Waals surface area contributed by atoms with Crippen LogP contribution in [0.15, 0.2) is 48.7 Å². The molecule has 0 aliphatic heterocycles. The lowest BCUT2D eigenvalue weighted by Crippen LogP contribution is -2.14. The largest absolute Gasteiger partial charge is 0.481 e. The number of Topliss-reactive ketones (excluding diaryl/α,β-unsaturated/α-hetero) is 1. The Bertz CT molecular complexity index is 1100. The van der Waals surface area contributed by atoms with Gasteiger partial charge in [-0.3, -0.25) is 9.59 Å². The van der Waals surface area contributed by atoms with Crippen molar-refractivity contribution in [2.75, 3.05) is 0 Å². The minimum atomic E-state index is -1.22. The molecule has 2 heterocycles. The molecule has 0 radical (unpaired) electrons. The highest BCUT2D eigenvalue weighted by atomic mass is 19.1. The molecule has 0 saturated carbocycles. The molecule has 3 aromatic rings. The maximum Gasteiger partial charge on any atom is 0.310 e. The van der Waals surface area contributed by atoms with Gasteiger partial charge >= 0.3 is 5.97 Å². The van der Waals surface area contributed by atoms with Gasteiger partial charge in [0, 0.05) is 23.7 Å². The molecule has 2 aromatic heterocycles. The third-order valence-electron chi connectivity index (χ3n) is 4.70. The third kappa shape index (κ3) is 4.80. The maximum absolute atomic E-state index is 13.5. The van der Waals surface area contributed by atoms with Gasteiger partial charge in [0.15, 0.2) is 0 Å². The van der Waals surface area contributed by atoms with Crippen molar-refractivity contribution in [1.82, 2.24) is 9.61 Å². The number of ketones is 1. The van der Waals surface area contributed by atoms with Crippen molar-refractivity contribution in [2.45, 2.75) is 38.7 Å². The van der Waals surface area contributed by atoms with Gasteiger partial charge in [-0.2, -0.15) is 5.10 Å². The summed E-state index contributed by atoms with van der Waals surface area (Å²) in [7, 11) is 0. The van der Waals surface area contributed by atoms with Crippen LogP contribution in [0.5, 0.6) is 0 Å². The first-order valence-electron chi connectivity index (χ1n) is 9.63. The lowest BCUT2D eigenvalue weighted by atomic mass is 9.93. The highest BCUT2D eigenvalue weighted by Gasteiger charge is 2.18. The number of aliphatic hydroxyl groups is 1. The van der Waals surface area contributed by atoms with Crippen LogP contribution in [0.1, 0.15) is 43.9 Å². The van der Waals surface area contributed by atoms with Gasteiger partial charge in [-0.15, -0.1) is 0 Å². The van der Waals surface area contributed by atoms with Gasteiger partial charge < -0.3 is 10.2 Å². The monoisotopic (exact) mass is 410 g/mol. The van der Waals surface area contributed by atoms with E-state index in [0.29, 0.717) is 0 Å². The van der Waals surface area contributed by atoms with Crippen LogP contribution < -0.4 is 0 Å². The molecule has 0 aliphatic rings. The van der Waals surface area contributed by atoms with Crippen LogP contribution in [0.2, 0.25) is 0 Å². The van der Waals surface area contributed by atoms with E-state index in [1.807, 2.05) is 32.2 Å². The molecule has 1 unspecified atom stereocenters. The van der Waals surface area contributed by atoms with Gasteiger partial charge in [-0.05, 0) is 35.7 Å². The van der Waals surface area contributed by atoms with Crippen LogP contribution >= 0.6 is 0 Å². The van der Waals surface area contributed by atoms with Crippen LogP contribution in [-0.2, 0) is 9.59 Å². The Hall–Kier alpha value is -3.32. The number of aliphatic hydroxyl groups excluding tert-OH is 1. The first-order valence-corrected chi connectivity index (χ1v) is 9.63. The zero-order chi connectivity index (χ0) is 21.8. The van der Waals surface area contributed by atoms with Crippen LogP contribution in [0.25, 0.3) is 22.7 Å². The number of fused-ring (bicyclic) bond motifs is 1. The molecule has 0 spiro atoms. The van der Waals surface area contributed by atoms with E-state index in [0.717, 1.165) is 27.9 Å². The fourth-order valence-electron chi connectivity index (χ4n) is 3.36. The lowest BCUT2D eigenvalue weighted by molar-refractivity contribution is -0.140. The van der Waals surface area contributed by atoms with Gasteiger partial charge in [0.25, 0.3) is 0 Å². The number of carbonyl (C=O) groups is 2. The van der Waals surface area contributed by atoms with Crippen LogP contribution in [-0.4, -0.2) is 37.7 Å². The second-order valence-electron chi connectivity index (χ2n) is 7.41. The molecule has 6 nitrogen and oxygen atoms in total. The van der Waals surface area contributed by atoms with E-state index >= 15 is 0 Å².